The van der Waals surface area contributed by atoms with Gasteiger partial charge in [0.05, 0.1) is 5.69 Å². The predicted octanol–water partition coefficient (Wildman–Crippen LogP) is 3.50. The van der Waals surface area contributed by atoms with Crippen molar-refractivity contribution in [1.82, 2.24) is 0 Å². The molecular weight excluding hydrogens is 261 g/mol. The van der Waals surface area contributed by atoms with E-state index in [1.807, 2.05) is 17.8 Å². The monoisotopic (exact) mass is 275 g/mol. The molecule has 1 heterocycles. The molecular formula is C15H14FNOS. The molecule has 0 aromatic heterocycles. The molecule has 1 aliphatic heterocycles. The highest BCUT2D eigenvalue weighted by molar-refractivity contribution is 8.00. The van der Waals surface area contributed by atoms with Crippen LogP contribution in [-0.2, 0) is 6.42 Å². The van der Waals surface area contributed by atoms with Crippen LogP contribution in [0.3, 0.4) is 0 Å². The fourth-order valence-electron chi connectivity index (χ4n) is 2.13. The van der Waals surface area contributed by atoms with Crippen molar-refractivity contribution in [1.29, 1.82) is 0 Å². The fraction of sp³-hybridized carbons (Fsp3) is 0.200. The number of nitrogens with two attached hydrogens (primary N) is 1. The fourth-order valence-corrected chi connectivity index (χ4v) is 3.35. The van der Waals surface area contributed by atoms with Crippen molar-refractivity contribution >= 4 is 17.4 Å². The minimum atomic E-state index is -0.431. The largest absolute Gasteiger partial charge is 0.492 e. The van der Waals surface area contributed by atoms with Crippen LogP contribution in [0.25, 0.3) is 0 Å². The molecule has 0 bridgehead atoms. The van der Waals surface area contributed by atoms with E-state index < -0.39 is 5.82 Å². The summed E-state index contributed by atoms with van der Waals surface area (Å²) in [4.78, 5) is 1.32. The minimum absolute atomic E-state index is 0.148. The zero-order valence-corrected chi connectivity index (χ0v) is 11.1. The number of fused-ring (bicyclic) bond motifs is 1. The first kappa shape index (κ1) is 12.4. The van der Waals surface area contributed by atoms with Gasteiger partial charge in [-0.2, -0.15) is 0 Å². The van der Waals surface area contributed by atoms with Crippen LogP contribution in [0.2, 0.25) is 0 Å². The topological polar surface area (TPSA) is 35.2 Å². The zero-order valence-electron chi connectivity index (χ0n) is 10.3. The lowest BCUT2D eigenvalue weighted by Crippen LogP contribution is -2.13. The summed E-state index contributed by atoms with van der Waals surface area (Å²) >= 11 is 1.82. The molecule has 1 aliphatic rings. The Kier molecular flexibility index (Phi) is 3.34. The highest BCUT2D eigenvalue weighted by atomic mass is 32.2. The molecule has 0 saturated heterocycles. The Morgan fingerprint density at radius 3 is 2.89 bits per heavy atom. The van der Waals surface area contributed by atoms with Crippen molar-refractivity contribution in [3.63, 3.8) is 0 Å². The highest BCUT2D eigenvalue weighted by Crippen LogP contribution is 2.36. The Bertz CT molecular complexity index is 577. The maximum absolute atomic E-state index is 13.3. The maximum atomic E-state index is 13.3. The van der Waals surface area contributed by atoms with Gasteiger partial charge in [-0.25, -0.2) is 4.39 Å². The number of nitrogen functional groups attached to an aromatic ring is 1. The van der Waals surface area contributed by atoms with E-state index in [0.29, 0.717) is 17.6 Å². The summed E-state index contributed by atoms with van der Waals surface area (Å²) in [6.07, 6.45) is 0.998. The van der Waals surface area contributed by atoms with Gasteiger partial charge in [-0.3, -0.25) is 0 Å². The van der Waals surface area contributed by atoms with E-state index in [2.05, 4.69) is 18.2 Å². The molecule has 3 rings (SSSR count). The summed E-state index contributed by atoms with van der Waals surface area (Å²) in [5, 5.41) is 0.387. The molecule has 1 atom stereocenters. The molecule has 1 unspecified atom stereocenters. The molecule has 0 amide bonds. The van der Waals surface area contributed by atoms with E-state index in [1.165, 1.54) is 22.6 Å². The lowest BCUT2D eigenvalue weighted by molar-refractivity contribution is 0.316. The number of hydrogen-bond donors (Lipinski definition) is 1. The summed E-state index contributed by atoms with van der Waals surface area (Å²) in [6, 6.07) is 12.9. The first-order chi connectivity index (χ1) is 9.22. The van der Waals surface area contributed by atoms with Crippen LogP contribution in [0.5, 0.6) is 5.75 Å². The summed E-state index contributed by atoms with van der Waals surface area (Å²) in [7, 11) is 0. The summed E-state index contributed by atoms with van der Waals surface area (Å²) in [5.74, 6) is 0.100. The van der Waals surface area contributed by atoms with Gasteiger partial charge in [0, 0.05) is 16.2 Å². The van der Waals surface area contributed by atoms with Gasteiger partial charge in [-0.05, 0) is 30.2 Å². The summed E-state index contributed by atoms with van der Waals surface area (Å²) in [6.45, 7) is 0.572. The first-order valence-electron chi connectivity index (χ1n) is 6.15. The molecule has 2 aromatic rings. The molecule has 0 radical (unpaired) electrons. The van der Waals surface area contributed by atoms with Gasteiger partial charge in [0.25, 0.3) is 0 Å². The Morgan fingerprint density at radius 2 is 2.11 bits per heavy atom. The standard InChI is InChI=1S/C15H14FNOS/c16-13-8-11(5-6-14(13)17)18-9-12-7-10-3-1-2-4-15(10)19-12/h1-6,8,12H,7,9,17H2. The third-order valence-corrected chi connectivity index (χ3v) is 4.41. The third kappa shape index (κ3) is 2.68. The van der Waals surface area contributed by atoms with Crippen molar-refractivity contribution < 1.29 is 9.13 Å². The maximum Gasteiger partial charge on any atom is 0.149 e. The van der Waals surface area contributed by atoms with Crippen molar-refractivity contribution in [3.05, 3.63) is 53.8 Å². The van der Waals surface area contributed by atoms with Crippen molar-refractivity contribution in [3.8, 4) is 5.75 Å². The molecule has 4 heteroatoms. The lowest BCUT2D eigenvalue weighted by Gasteiger charge is -2.11. The molecule has 98 valence electrons. The lowest BCUT2D eigenvalue weighted by atomic mass is 10.1. The van der Waals surface area contributed by atoms with Crippen LogP contribution in [0.1, 0.15) is 5.56 Å². The Hall–Kier alpha value is -1.68. The normalized spacial score (nSPS) is 17.2. The second kappa shape index (κ2) is 5.13. The van der Waals surface area contributed by atoms with E-state index in [4.69, 9.17) is 10.5 Å². The molecule has 2 N–H and O–H groups in total. The van der Waals surface area contributed by atoms with Crippen LogP contribution in [0, 0.1) is 5.82 Å². The first-order valence-corrected chi connectivity index (χ1v) is 7.03. The van der Waals surface area contributed by atoms with E-state index >= 15 is 0 Å². The van der Waals surface area contributed by atoms with Crippen LogP contribution in [0.15, 0.2) is 47.4 Å². The summed E-state index contributed by atoms with van der Waals surface area (Å²) in [5.41, 5.74) is 6.94. The number of anilines is 1. The van der Waals surface area contributed by atoms with E-state index in [-0.39, 0.29) is 5.69 Å². The van der Waals surface area contributed by atoms with Crippen LogP contribution < -0.4 is 10.5 Å². The van der Waals surface area contributed by atoms with E-state index in [1.54, 1.807) is 6.07 Å². The van der Waals surface area contributed by atoms with Crippen molar-refractivity contribution in [2.45, 2.75) is 16.6 Å². The minimum Gasteiger partial charge on any atom is -0.492 e. The van der Waals surface area contributed by atoms with Crippen molar-refractivity contribution in [2.75, 3.05) is 12.3 Å². The molecule has 0 aliphatic carbocycles. The second-order valence-corrected chi connectivity index (χ2v) is 5.89. The SMILES string of the molecule is Nc1ccc(OCC2Cc3ccccc3S2)cc1F. The van der Waals surface area contributed by atoms with E-state index in [9.17, 15) is 4.39 Å². The number of hydrogen-bond acceptors (Lipinski definition) is 3. The Labute approximate surface area is 115 Å². The molecule has 2 nitrogen and oxygen atoms in total. The number of rotatable bonds is 3. The number of thioether (sulfide) groups is 1. The Morgan fingerprint density at radius 1 is 1.26 bits per heavy atom. The molecule has 19 heavy (non-hydrogen) atoms. The summed E-state index contributed by atoms with van der Waals surface area (Å²) < 4.78 is 18.9. The molecule has 0 saturated carbocycles. The zero-order chi connectivity index (χ0) is 13.2. The number of halogens is 1. The smallest absolute Gasteiger partial charge is 0.149 e. The third-order valence-electron chi connectivity index (χ3n) is 3.12. The van der Waals surface area contributed by atoms with Gasteiger partial charge in [-0.15, -0.1) is 11.8 Å². The quantitative estimate of drug-likeness (QED) is 0.871. The van der Waals surface area contributed by atoms with Crippen molar-refractivity contribution in [2.24, 2.45) is 0 Å². The second-order valence-electron chi connectivity index (χ2n) is 4.55. The average molecular weight is 275 g/mol. The van der Waals surface area contributed by atoms with Gasteiger partial charge >= 0.3 is 0 Å². The predicted molar refractivity (Wildman–Crippen MR) is 76.1 cm³/mol. The number of ether oxygens (including phenoxy) is 1. The van der Waals surface area contributed by atoms with Gasteiger partial charge in [0.15, 0.2) is 0 Å². The Balaban J connectivity index is 1.61. The van der Waals surface area contributed by atoms with Crippen LogP contribution in [0.4, 0.5) is 10.1 Å². The molecule has 2 aromatic carbocycles. The molecule has 0 fully saturated rings. The van der Waals surface area contributed by atoms with E-state index in [0.717, 1.165) is 6.42 Å². The van der Waals surface area contributed by atoms with Gasteiger partial charge in [0.2, 0.25) is 0 Å². The van der Waals surface area contributed by atoms with Gasteiger partial charge in [0.1, 0.15) is 18.2 Å². The van der Waals surface area contributed by atoms with Gasteiger partial charge in [-0.1, -0.05) is 18.2 Å². The van der Waals surface area contributed by atoms with Gasteiger partial charge < -0.3 is 10.5 Å². The molecule has 0 spiro atoms. The van der Waals surface area contributed by atoms with Crippen LogP contribution in [-0.4, -0.2) is 11.9 Å². The average Bonchev–Trinajstić information content (AvgIpc) is 2.83. The highest BCUT2D eigenvalue weighted by Gasteiger charge is 2.22. The van der Waals surface area contributed by atoms with Crippen LogP contribution >= 0.6 is 11.8 Å². The number of benzene rings is 2.